The molecule has 1 fully saturated rings. The average molecular weight is 715 g/mol. The van der Waals surface area contributed by atoms with Crippen molar-refractivity contribution >= 4 is 45.2 Å². The van der Waals surface area contributed by atoms with E-state index in [0.29, 0.717) is 86.2 Å². The number of morpholine rings is 1. The van der Waals surface area contributed by atoms with Gasteiger partial charge in [0, 0.05) is 13.1 Å². The highest BCUT2D eigenvalue weighted by Gasteiger charge is 2.34. The van der Waals surface area contributed by atoms with Crippen molar-refractivity contribution in [1.29, 1.82) is 0 Å². The number of fused-ring (bicyclic) bond motifs is 1. The quantitative estimate of drug-likeness (QED) is 0.277. The standard InChI is InChI=1S/C33H36BrN3O8S/c1-5-7-23-29(32(40)44-6-2)30(21-9-11-24(41-3)22(34)18-21)37-31(39)27(46-33(37)35-23)17-20-8-10-25(26(16-20)42-4)45-19-28(38)36-12-14-43-15-13-36/h8-11,16-18,30H,5-7,12-15,19H2,1-4H3/b27-17+/t30-/m0/s1. The molecule has 2 aromatic carbocycles. The first-order valence-electron chi connectivity index (χ1n) is 15.0. The molecule has 1 atom stereocenters. The summed E-state index contributed by atoms with van der Waals surface area (Å²) in [5, 5.41) is 0. The Kier molecular flexibility index (Phi) is 11.0. The Bertz CT molecular complexity index is 1830. The molecule has 2 aliphatic heterocycles. The first kappa shape index (κ1) is 33.4. The number of esters is 1. The SMILES string of the molecule is CCCC1=C(C(=O)OCC)[C@H](c2ccc(OC)c(Br)c2)n2c(s/c(=C/c3ccc(OCC(=O)N4CCOCC4)c(OC)c3)c2=O)=N1. The van der Waals surface area contributed by atoms with Gasteiger partial charge in [-0.25, -0.2) is 9.79 Å². The predicted molar refractivity (Wildman–Crippen MR) is 176 cm³/mol. The van der Waals surface area contributed by atoms with Gasteiger partial charge in [0.25, 0.3) is 11.5 Å². The maximum Gasteiger partial charge on any atom is 0.338 e. The number of nitrogens with zero attached hydrogens (tertiary/aromatic N) is 3. The number of carbonyl (C=O) groups is 2. The Morgan fingerprint density at radius 2 is 1.80 bits per heavy atom. The maximum absolute atomic E-state index is 14.1. The summed E-state index contributed by atoms with van der Waals surface area (Å²) in [6.45, 7) is 5.92. The minimum Gasteiger partial charge on any atom is -0.496 e. The van der Waals surface area contributed by atoms with Crippen LogP contribution < -0.4 is 29.1 Å². The van der Waals surface area contributed by atoms with Gasteiger partial charge in [0.05, 0.1) is 60.4 Å². The fourth-order valence-corrected chi connectivity index (χ4v) is 6.96. The van der Waals surface area contributed by atoms with E-state index in [2.05, 4.69) is 15.9 Å². The van der Waals surface area contributed by atoms with Crippen molar-refractivity contribution in [2.24, 2.45) is 4.99 Å². The molecule has 244 valence electrons. The van der Waals surface area contributed by atoms with Crippen LogP contribution in [-0.2, 0) is 19.1 Å². The number of aromatic nitrogens is 1. The zero-order valence-electron chi connectivity index (χ0n) is 26.2. The molecule has 3 heterocycles. The number of rotatable bonds is 11. The molecule has 0 unspecified atom stereocenters. The number of methoxy groups -OCH3 is 2. The number of benzene rings is 2. The summed E-state index contributed by atoms with van der Waals surface area (Å²) < 4.78 is 30.3. The Labute approximate surface area is 278 Å². The van der Waals surface area contributed by atoms with Crippen LogP contribution in [-0.4, -0.2) is 75.1 Å². The lowest BCUT2D eigenvalue weighted by Crippen LogP contribution is -2.43. The van der Waals surface area contributed by atoms with Crippen LogP contribution in [0.15, 0.2) is 61.9 Å². The molecule has 13 heteroatoms. The van der Waals surface area contributed by atoms with Crippen LogP contribution in [0.2, 0.25) is 0 Å². The second-order valence-electron chi connectivity index (χ2n) is 10.5. The molecule has 2 aliphatic rings. The lowest BCUT2D eigenvalue weighted by molar-refractivity contribution is -0.139. The number of hydrogen-bond donors (Lipinski definition) is 0. The van der Waals surface area contributed by atoms with Gasteiger partial charge in [0.2, 0.25) is 0 Å². The minimum absolute atomic E-state index is 0.126. The van der Waals surface area contributed by atoms with Gasteiger partial charge in [-0.3, -0.25) is 14.2 Å². The first-order valence-corrected chi connectivity index (χ1v) is 16.6. The minimum atomic E-state index is -0.754. The van der Waals surface area contributed by atoms with Crippen molar-refractivity contribution in [3.8, 4) is 17.2 Å². The van der Waals surface area contributed by atoms with E-state index in [0.717, 1.165) is 6.42 Å². The van der Waals surface area contributed by atoms with Crippen LogP contribution in [0.3, 0.4) is 0 Å². The summed E-state index contributed by atoms with van der Waals surface area (Å²) in [5.41, 5.74) is 2.04. The number of thiazole rings is 1. The van der Waals surface area contributed by atoms with E-state index in [-0.39, 0.29) is 24.7 Å². The van der Waals surface area contributed by atoms with Crippen LogP contribution in [0, 0.1) is 0 Å². The zero-order chi connectivity index (χ0) is 32.8. The van der Waals surface area contributed by atoms with Gasteiger partial charge < -0.3 is 28.6 Å². The molecule has 46 heavy (non-hydrogen) atoms. The van der Waals surface area contributed by atoms with Crippen LogP contribution in [0.25, 0.3) is 6.08 Å². The summed E-state index contributed by atoms with van der Waals surface area (Å²) >= 11 is 4.80. The lowest BCUT2D eigenvalue weighted by Gasteiger charge is -2.26. The smallest absolute Gasteiger partial charge is 0.338 e. The molecular weight excluding hydrogens is 678 g/mol. The van der Waals surface area contributed by atoms with Crippen LogP contribution in [0.4, 0.5) is 0 Å². The summed E-state index contributed by atoms with van der Waals surface area (Å²) in [5.74, 6) is 0.827. The van der Waals surface area contributed by atoms with E-state index in [4.69, 9.17) is 28.7 Å². The fourth-order valence-electron chi connectivity index (χ4n) is 5.38. The van der Waals surface area contributed by atoms with E-state index < -0.39 is 12.0 Å². The van der Waals surface area contributed by atoms with Crippen molar-refractivity contribution in [3.63, 3.8) is 0 Å². The molecular formula is C33H36BrN3O8S. The fraction of sp³-hybridized carbons (Fsp3) is 0.394. The van der Waals surface area contributed by atoms with E-state index in [1.807, 2.05) is 19.1 Å². The molecule has 5 rings (SSSR count). The van der Waals surface area contributed by atoms with Crippen molar-refractivity contribution in [3.05, 3.63) is 83.0 Å². The van der Waals surface area contributed by atoms with Gasteiger partial charge in [-0.1, -0.05) is 36.8 Å². The highest BCUT2D eigenvalue weighted by Crippen LogP contribution is 2.36. The average Bonchev–Trinajstić information content (AvgIpc) is 3.37. The molecule has 0 radical (unpaired) electrons. The summed E-state index contributed by atoms with van der Waals surface area (Å²) in [4.78, 5) is 47.1. The predicted octanol–water partition coefficient (Wildman–Crippen LogP) is 3.60. The largest absolute Gasteiger partial charge is 0.496 e. The number of allylic oxidation sites excluding steroid dienone is 1. The van der Waals surface area contributed by atoms with Crippen molar-refractivity contribution in [2.45, 2.75) is 32.7 Å². The molecule has 0 saturated carbocycles. The highest BCUT2D eigenvalue weighted by atomic mass is 79.9. The van der Waals surface area contributed by atoms with E-state index in [1.165, 1.54) is 18.4 Å². The normalized spacial score (nSPS) is 16.5. The van der Waals surface area contributed by atoms with Crippen LogP contribution >= 0.6 is 27.3 Å². The number of halogens is 1. The monoisotopic (exact) mass is 713 g/mol. The number of carbonyl (C=O) groups excluding carboxylic acids is 2. The molecule has 1 aromatic heterocycles. The first-order chi connectivity index (χ1) is 22.3. The lowest BCUT2D eigenvalue weighted by atomic mass is 9.94. The Morgan fingerprint density at radius 1 is 1.07 bits per heavy atom. The Hall–Kier alpha value is -3.94. The molecule has 1 amide bonds. The molecule has 0 spiro atoms. The topological polar surface area (TPSA) is 118 Å². The molecule has 11 nitrogen and oxygen atoms in total. The van der Waals surface area contributed by atoms with Gasteiger partial charge in [0.1, 0.15) is 5.75 Å². The third-order valence-corrected chi connectivity index (χ3v) is 9.19. The third kappa shape index (κ3) is 7.06. The van der Waals surface area contributed by atoms with Crippen molar-refractivity contribution in [1.82, 2.24) is 9.47 Å². The van der Waals surface area contributed by atoms with Crippen molar-refractivity contribution in [2.75, 3.05) is 53.7 Å². The number of ether oxygens (including phenoxy) is 5. The molecule has 1 saturated heterocycles. The van der Waals surface area contributed by atoms with E-state index >= 15 is 0 Å². The Morgan fingerprint density at radius 3 is 2.48 bits per heavy atom. The van der Waals surface area contributed by atoms with Crippen LogP contribution in [0.5, 0.6) is 17.2 Å². The maximum atomic E-state index is 14.1. The molecule has 0 N–H and O–H groups in total. The van der Waals surface area contributed by atoms with Gasteiger partial charge in [-0.15, -0.1) is 0 Å². The second-order valence-corrected chi connectivity index (χ2v) is 12.4. The number of hydrogen-bond acceptors (Lipinski definition) is 10. The molecule has 3 aromatic rings. The van der Waals surface area contributed by atoms with E-state index in [1.54, 1.807) is 53.8 Å². The Balaban J connectivity index is 1.55. The summed E-state index contributed by atoms with van der Waals surface area (Å²) in [6.07, 6.45) is 3.05. The zero-order valence-corrected chi connectivity index (χ0v) is 28.6. The summed E-state index contributed by atoms with van der Waals surface area (Å²) in [7, 11) is 3.09. The van der Waals surface area contributed by atoms with E-state index in [9.17, 15) is 14.4 Å². The molecule has 0 bridgehead atoms. The third-order valence-electron chi connectivity index (χ3n) is 7.58. The van der Waals surface area contributed by atoms with Gasteiger partial charge in [0.15, 0.2) is 22.9 Å². The van der Waals surface area contributed by atoms with Crippen LogP contribution in [0.1, 0.15) is 43.9 Å². The highest BCUT2D eigenvalue weighted by molar-refractivity contribution is 9.10. The van der Waals surface area contributed by atoms with Gasteiger partial charge in [-0.2, -0.15) is 0 Å². The summed E-state index contributed by atoms with van der Waals surface area (Å²) in [6, 6.07) is 9.98. The molecule has 0 aliphatic carbocycles. The number of amides is 1. The second kappa shape index (κ2) is 15.1. The van der Waals surface area contributed by atoms with Gasteiger partial charge >= 0.3 is 5.97 Å². The van der Waals surface area contributed by atoms with Crippen molar-refractivity contribution < 1.29 is 33.3 Å². The van der Waals surface area contributed by atoms with Gasteiger partial charge in [-0.05, 0) is 70.7 Å².